The molecule has 0 saturated heterocycles. The second-order valence-electron chi connectivity index (χ2n) is 9.17. The van der Waals surface area contributed by atoms with Gasteiger partial charge in [0.25, 0.3) is 0 Å². The van der Waals surface area contributed by atoms with Crippen molar-refractivity contribution >= 4 is 11.6 Å². The van der Waals surface area contributed by atoms with E-state index in [0.29, 0.717) is 5.02 Å². The molecule has 2 heteroatoms. The summed E-state index contributed by atoms with van der Waals surface area (Å²) in [7, 11) is 0. The van der Waals surface area contributed by atoms with E-state index in [1.54, 1.807) is 0 Å². The lowest BCUT2D eigenvalue weighted by Gasteiger charge is -2.37. The summed E-state index contributed by atoms with van der Waals surface area (Å²) in [5.41, 5.74) is 8.02. The third-order valence-electron chi connectivity index (χ3n) is 6.91. The number of fused-ring (bicyclic) bond motifs is 5. The third kappa shape index (κ3) is 2.86. The Labute approximate surface area is 178 Å². The van der Waals surface area contributed by atoms with Gasteiger partial charge in [-0.1, -0.05) is 79.4 Å². The standard InChI is InChI=1S/C27H27ClO/c1-26(2,29)24-17-18(28)13-14-20(24)22-11-8-10-21-19-9-4-5-12-23(19)27(25(21)22)15-6-3-7-16-27/h4-5,8-14,17,29H,3,6-7,15-16H2,1-2H3. The summed E-state index contributed by atoms with van der Waals surface area (Å²) >= 11 is 6.33. The fraction of sp³-hybridized carbons (Fsp3) is 0.333. The summed E-state index contributed by atoms with van der Waals surface area (Å²) in [6.45, 7) is 3.69. The third-order valence-corrected chi connectivity index (χ3v) is 7.15. The predicted molar refractivity (Wildman–Crippen MR) is 121 cm³/mol. The molecular formula is C27H27ClO. The minimum Gasteiger partial charge on any atom is -0.386 e. The average molecular weight is 403 g/mol. The fourth-order valence-corrected chi connectivity index (χ4v) is 5.89. The van der Waals surface area contributed by atoms with Crippen LogP contribution in [0.4, 0.5) is 0 Å². The Hall–Kier alpha value is -2.09. The molecule has 2 aliphatic rings. The summed E-state index contributed by atoms with van der Waals surface area (Å²) in [5, 5.41) is 11.6. The Balaban J connectivity index is 1.83. The molecule has 0 bridgehead atoms. The zero-order valence-corrected chi connectivity index (χ0v) is 17.9. The molecular weight excluding hydrogens is 376 g/mol. The van der Waals surface area contributed by atoms with Crippen molar-refractivity contribution in [1.29, 1.82) is 0 Å². The molecule has 1 spiro atoms. The van der Waals surface area contributed by atoms with Gasteiger partial charge in [0.1, 0.15) is 0 Å². The van der Waals surface area contributed by atoms with Crippen molar-refractivity contribution in [1.82, 2.24) is 0 Å². The lowest BCUT2D eigenvalue weighted by Crippen LogP contribution is -2.29. The van der Waals surface area contributed by atoms with Crippen LogP contribution in [0.25, 0.3) is 22.3 Å². The minimum atomic E-state index is -0.964. The van der Waals surface area contributed by atoms with Crippen molar-refractivity contribution in [2.45, 2.75) is 57.0 Å². The molecule has 3 aromatic carbocycles. The maximum atomic E-state index is 10.9. The van der Waals surface area contributed by atoms with Gasteiger partial charge in [-0.2, -0.15) is 0 Å². The van der Waals surface area contributed by atoms with Crippen LogP contribution >= 0.6 is 11.6 Å². The van der Waals surface area contributed by atoms with Crippen molar-refractivity contribution < 1.29 is 5.11 Å². The van der Waals surface area contributed by atoms with Gasteiger partial charge < -0.3 is 5.11 Å². The van der Waals surface area contributed by atoms with Crippen molar-refractivity contribution in [2.75, 3.05) is 0 Å². The maximum Gasteiger partial charge on any atom is 0.0847 e. The van der Waals surface area contributed by atoms with Crippen LogP contribution in [-0.4, -0.2) is 5.11 Å². The highest BCUT2D eigenvalue weighted by Crippen LogP contribution is 2.58. The van der Waals surface area contributed by atoms with Crippen LogP contribution in [0.15, 0.2) is 60.7 Å². The fourth-order valence-electron chi connectivity index (χ4n) is 5.72. The minimum absolute atomic E-state index is 0.0806. The highest BCUT2D eigenvalue weighted by Gasteiger charge is 2.45. The quantitative estimate of drug-likeness (QED) is 0.471. The van der Waals surface area contributed by atoms with E-state index in [9.17, 15) is 5.11 Å². The maximum absolute atomic E-state index is 10.9. The Kier molecular flexibility index (Phi) is 4.38. The van der Waals surface area contributed by atoms with Gasteiger partial charge in [0.2, 0.25) is 0 Å². The summed E-state index contributed by atoms with van der Waals surface area (Å²) in [6.07, 6.45) is 6.23. The summed E-state index contributed by atoms with van der Waals surface area (Å²) in [6, 6.07) is 21.6. The second-order valence-corrected chi connectivity index (χ2v) is 9.60. The highest BCUT2D eigenvalue weighted by molar-refractivity contribution is 6.30. The molecule has 29 heavy (non-hydrogen) atoms. The first kappa shape index (κ1) is 18.9. The van der Waals surface area contributed by atoms with Gasteiger partial charge in [0.15, 0.2) is 0 Å². The predicted octanol–water partition coefficient (Wildman–Crippen LogP) is 7.47. The largest absolute Gasteiger partial charge is 0.386 e. The SMILES string of the molecule is CC(C)(O)c1cc(Cl)ccc1-c1cccc2c1C1(CCCCC1)c1ccccc1-2. The van der Waals surface area contributed by atoms with E-state index in [4.69, 9.17) is 11.6 Å². The van der Waals surface area contributed by atoms with E-state index in [-0.39, 0.29) is 5.41 Å². The first-order chi connectivity index (χ1) is 13.9. The van der Waals surface area contributed by atoms with Crippen LogP contribution in [-0.2, 0) is 11.0 Å². The molecule has 2 aliphatic carbocycles. The zero-order chi connectivity index (χ0) is 20.2. The number of aliphatic hydroxyl groups is 1. The Morgan fingerprint density at radius 3 is 2.17 bits per heavy atom. The highest BCUT2D eigenvalue weighted by atomic mass is 35.5. The van der Waals surface area contributed by atoms with Crippen molar-refractivity contribution in [3.63, 3.8) is 0 Å². The van der Waals surface area contributed by atoms with Crippen LogP contribution in [0.2, 0.25) is 5.02 Å². The van der Waals surface area contributed by atoms with E-state index >= 15 is 0 Å². The number of benzene rings is 3. The lowest BCUT2D eigenvalue weighted by atomic mass is 9.66. The van der Waals surface area contributed by atoms with Gasteiger partial charge in [-0.25, -0.2) is 0 Å². The topological polar surface area (TPSA) is 20.2 Å². The van der Waals surface area contributed by atoms with Crippen LogP contribution in [0, 0.1) is 0 Å². The zero-order valence-electron chi connectivity index (χ0n) is 17.1. The normalized spacial score (nSPS) is 17.2. The molecule has 148 valence electrons. The molecule has 3 aromatic rings. The molecule has 0 atom stereocenters. The number of halogens is 1. The van der Waals surface area contributed by atoms with Crippen LogP contribution in [0.5, 0.6) is 0 Å². The van der Waals surface area contributed by atoms with Crippen LogP contribution < -0.4 is 0 Å². The van der Waals surface area contributed by atoms with Crippen molar-refractivity contribution in [2.24, 2.45) is 0 Å². The molecule has 0 unspecified atom stereocenters. The van der Waals surface area contributed by atoms with Gasteiger partial charge in [-0.05, 0) is 77.8 Å². The summed E-state index contributed by atoms with van der Waals surface area (Å²) < 4.78 is 0. The lowest BCUT2D eigenvalue weighted by molar-refractivity contribution is 0.0792. The first-order valence-corrected chi connectivity index (χ1v) is 11.1. The first-order valence-electron chi connectivity index (χ1n) is 10.7. The molecule has 1 nitrogen and oxygen atoms in total. The molecule has 1 fully saturated rings. The number of rotatable bonds is 2. The van der Waals surface area contributed by atoms with E-state index in [2.05, 4.69) is 48.5 Å². The Morgan fingerprint density at radius 2 is 1.45 bits per heavy atom. The monoisotopic (exact) mass is 402 g/mol. The van der Waals surface area contributed by atoms with Gasteiger partial charge >= 0.3 is 0 Å². The molecule has 0 aliphatic heterocycles. The van der Waals surface area contributed by atoms with Gasteiger partial charge in [-0.15, -0.1) is 0 Å². The van der Waals surface area contributed by atoms with E-state index in [1.165, 1.54) is 59.9 Å². The van der Waals surface area contributed by atoms with Crippen LogP contribution in [0.3, 0.4) is 0 Å². The van der Waals surface area contributed by atoms with Gasteiger partial charge in [0.05, 0.1) is 5.60 Å². The molecule has 0 heterocycles. The molecule has 0 radical (unpaired) electrons. The van der Waals surface area contributed by atoms with E-state index < -0.39 is 5.60 Å². The summed E-state index contributed by atoms with van der Waals surface area (Å²) in [5.74, 6) is 0. The second kappa shape index (κ2) is 6.72. The Morgan fingerprint density at radius 1 is 0.793 bits per heavy atom. The number of hydrogen-bond donors (Lipinski definition) is 1. The smallest absolute Gasteiger partial charge is 0.0847 e. The van der Waals surface area contributed by atoms with Crippen molar-refractivity contribution in [3.8, 4) is 22.3 Å². The molecule has 0 aromatic heterocycles. The van der Waals surface area contributed by atoms with Crippen molar-refractivity contribution in [3.05, 3.63) is 82.4 Å². The molecule has 5 rings (SSSR count). The summed E-state index contributed by atoms with van der Waals surface area (Å²) in [4.78, 5) is 0. The molecule has 1 saturated carbocycles. The van der Waals surface area contributed by atoms with Gasteiger partial charge in [0, 0.05) is 10.4 Å². The number of hydrogen-bond acceptors (Lipinski definition) is 1. The molecule has 1 N–H and O–H groups in total. The van der Waals surface area contributed by atoms with E-state index in [1.807, 2.05) is 26.0 Å². The average Bonchev–Trinajstić information content (AvgIpc) is 2.98. The molecule has 0 amide bonds. The van der Waals surface area contributed by atoms with Crippen LogP contribution in [0.1, 0.15) is 62.6 Å². The Bertz CT molecular complexity index is 1080. The van der Waals surface area contributed by atoms with Gasteiger partial charge in [-0.3, -0.25) is 0 Å². The van der Waals surface area contributed by atoms with E-state index in [0.717, 1.165) is 11.1 Å².